The van der Waals surface area contributed by atoms with Crippen LogP contribution in [0.2, 0.25) is 0 Å². The number of esters is 1. The molecule has 1 rings (SSSR count). The Kier molecular flexibility index (Phi) is 5.68. The van der Waals surface area contributed by atoms with E-state index in [9.17, 15) is 14.4 Å². The molecule has 0 radical (unpaired) electrons. The fourth-order valence-electron chi connectivity index (χ4n) is 1.85. The van der Waals surface area contributed by atoms with Gasteiger partial charge in [-0.15, -0.1) is 0 Å². The molecule has 22 heavy (non-hydrogen) atoms. The molecule has 0 aliphatic heterocycles. The van der Waals surface area contributed by atoms with Crippen LogP contribution in [-0.4, -0.2) is 31.1 Å². The number of carbonyl (C=O) groups is 3. The second-order valence-electron chi connectivity index (χ2n) is 5.83. The summed E-state index contributed by atoms with van der Waals surface area (Å²) >= 11 is 0. The van der Waals surface area contributed by atoms with Crippen molar-refractivity contribution in [2.24, 2.45) is 0 Å². The summed E-state index contributed by atoms with van der Waals surface area (Å²) in [5.74, 6) is -0.452. The topological polar surface area (TPSA) is 81.7 Å². The number of benzene rings is 1. The van der Waals surface area contributed by atoms with E-state index in [0.717, 1.165) is 0 Å². The van der Waals surface area contributed by atoms with Gasteiger partial charge in [0.2, 0.25) is 0 Å². The highest BCUT2D eigenvalue weighted by Gasteiger charge is 2.21. The van der Waals surface area contributed by atoms with Gasteiger partial charge in [0.05, 0.1) is 12.7 Å². The Labute approximate surface area is 129 Å². The van der Waals surface area contributed by atoms with Gasteiger partial charge in [0.15, 0.2) is 0 Å². The van der Waals surface area contributed by atoms with E-state index in [1.807, 2.05) is 0 Å². The van der Waals surface area contributed by atoms with Crippen molar-refractivity contribution in [2.75, 3.05) is 7.11 Å². The van der Waals surface area contributed by atoms with Crippen LogP contribution in [0.15, 0.2) is 18.2 Å². The molecule has 120 valence electrons. The average Bonchev–Trinajstić information content (AvgIpc) is 2.41. The molecule has 1 aromatic carbocycles. The molecule has 1 atom stereocenters. The Bertz CT molecular complexity index is 574. The van der Waals surface area contributed by atoms with Crippen LogP contribution in [0.25, 0.3) is 0 Å². The summed E-state index contributed by atoms with van der Waals surface area (Å²) in [5.41, 5.74) is 0.976. The molecule has 0 aliphatic rings. The van der Waals surface area contributed by atoms with Crippen molar-refractivity contribution in [1.29, 1.82) is 0 Å². The number of aryl methyl sites for hydroxylation is 1. The highest BCUT2D eigenvalue weighted by atomic mass is 16.6. The van der Waals surface area contributed by atoms with E-state index >= 15 is 0 Å². The highest BCUT2D eigenvalue weighted by molar-refractivity contribution is 5.91. The first-order chi connectivity index (χ1) is 10.2. The number of aldehydes is 1. The Morgan fingerprint density at radius 1 is 1.27 bits per heavy atom. The number of ether oxygens (including phenoxy) is 2. The third kappa shape index (κ3) is 4.87. The van der Waals surface area contributed by atoms with Crippen LogP contribution in [0.1, 0.15) is 48.3 Å². The summed E-state index contributed by atoms with van der Waals surface area (Å²) < 4.78 is 9.78. The van der Waals surface area contributed by atoms with E-state index < -0.39 is 23.7 Å². The molecule has 0 saturated carbocycles. The van der Waals surface area contributed by atoms with Crippen molar-refractivity contribution in [1.82, 2.24) is 5.32 Å². The second-order valence-corrected chi connectivity index (χ2v) is 5.83. The number of carbonyl (C=O) groups excluding carboxylic acids is 3. The van der Waals surface area contributed by atoms with Crippen molar-refractivity contribution >= 4 is 18.3 Å². The molecule has 6 nitrogen and oxygen atoms in total. The second kappa shape index (κ2) is 7.06. The van der Waals surface area contributed by atoms with Crippen LogP contribution < -0.4 is 5.32 Å². The van der Waals surface area contributed by atoms with Crippen molar-refractivity contribution in [3.8, 4) is 0 Å². The normalized spacial score (nSPS) is 12.2. The van der Waals surface area contributed by atoms with Crippen molar-refractivity contribution in [3.05, 3.63) is 34.9 Å². The summed E-state index contributed by atoms with van der Waals surface area (Å²) in [4.78, 5) is 34.5. The summed E-state index contributed by atoms with van der Waals surface area (Å²) in [7, 11) is 1.30. The quantitative estimate of drug-likeness (QED) is 0.683. The fraction of sp³-hybridized carbons (Fsp3) is 0.438. The summed E-state index contributed by atoms with van der Waals surface area (Å²) in [6.07, 6.45) is -0.0736. The molecule has 0 spiro atoms. The zero-order chi connectivity index (χ0) is 16.9. The molecule has 0 bridgehead atoms. The Morgan fingerprint density at radius 2 is 1.91 bits per heavy atom. The SMILES string of the molecule is COC(=O)c1ccc(C(C=O)NC(=O)OC(C)(C)C)cc1C. The standard InChI is InChI=1S/C16H21NO5/c1-10-8-11(6-7-12(10)14(19)21-5)13(9-18)17-15(20)22-16(2,3)4/h6-9,13H,1-5H3,(H,17,20). The summed E-state index contributed by atoms with van der Waals surface area (Å²) in [5, 5.41) is 2.48. The molecule has 1 unspecified atom stereocenters. The van der Waals surface area contributed by atoms with E-state index in [2.05, 4.69) is 10.1 Å². The molecule has 6 heteroatoms. The van der Waals surface area contributed by atoms with Crippen molar-refractivity contribution in [2.45, 2.75) is 39.3 Å². The predicted octanol–water partition coefficient (Wildman–Crippen LogP) is 2.55. The minimum atomic E-state index is -0.847. The van der Waals surface area contributed by atoms with E-state index in [-0.39, 0.29) is 0 Å². The van der Waals surface area contributed by atoms with Gasteiger partial charge in [-0.05, 0) is 44.9 Å². The van der Waals surface area contributed by atoms with Gasteiger partial charge in [-0.25, -0.2) is 9.59 Å². The van der Waals surface area contributed by atoms with Crippen LogP contribution >= 0.6 is 0 Å². The Balaban J connectivity index is 2.92. The lowest BCUT2D eigenvalue weighted by Gasteiger charge is -2.22. The third-order valence-electron chi connectivity index (χ3n) is 2.82. The first-order valence-electron chi connectivity index (χ1n) is 6.81. The Hall–Kier alpha value is -2.37. The molecule has 0 aliphatic carbocycles. The maximum Gasteiger partial charge on any atom is 0.408 e. The predicted molar refractivity (Wildman–Crippen MR) is 80.7 cm³/mol. The number of methoxy groups -OCH3 is 1. The molecular weight excluding hydrogens is 286 g/mol. The number of amides is 1. The fourth-order valence-corrected chi connectivity index (χ4v) is 1.85. The van der Waals surface area contributed by atoms with Gasteiger partial charge in [0, 0.05) is 0 Å². The molecule has 0 aromatic heterocycles. The number of hydrogen-bond donors (Lipinski definition) is 1. The lowest BCUT2D eigenvalue weighted by molar-refractivity contribution is -0.109. The van der Waals surface area contributed by atoms with Crippen LogP contribution in [0.3, 0.4) is 0 Å². The molecule has 1 N–H and O–H groups in total. The van der Waals surface area contributed by atoms with Gasteiger partial charge >= 0.3 is 12.1 Å². The van der Waals surface area contributed by atoms with Gasteiger partial charge in [-0.1, -0.05) is 12.1 Å². The smallest absolute Gasteiger partial charge is 0.408 e. The highest BCUT2D eigenvalue weighted by Crippen LogP contribution is 2.18. The summed E-state index contributed by atoms with van der Waals surface area (Å²) in [6.45, 7) is 6.93. The zero-order valence-electron chi connectivity index (χ0n) is 13.4. The average molecular weight is 307 g/mol. The Morgan fingerprint density at radius 3 is 2.36 bits per heavy atom. The van der Waals surface area contributed by atoms with Gasteiger partial charge in [0.1, 0.15) is 17.9 Å². The van der Waals surface area contributed by atoms with E-state index in [4.69, 9.17) is 4.74 Å². The van der Waals surface area contributed by atoms with Crippen LogP contribution in [-0.2, 0) is 14.3 Å². The van der Waals surface area contributed by atoms with Crippen molar-refractivity contribution in [3.63, 3.8) is 0 Å². The van der Waals surface area contributed by atoms with Crippen LogP contribution in [0.5, 0.6) is 0 Å². The summed E-state index contributed by atoms with van der Waals surface area (Å²) in [6, 6.07) is 3.96. The van der Waals surface area contributed by atoms with E-state index in [1.54, 1.807) is 45.9 Å². The lowest BCUT2D eigenvalue weighted by atomic mass is 10.0. The van der Waals surface area contributed by atoms with Gasteiger partial charge in [0.25, 0.3) is 0 Å². The molecule has 0 heterocycles. The van der Waals surface area contributed by atoms with Gasteiger partial charge < -0.3 is 19.6 Å². The molecule has 0 saturated heterocycles. The van der Waals surface area contributed by atoms with E-state index in [0.29, 0.717) is 23.0 Å². The maximum absolute atomic E-state index is 11.7. The van der Waals surface area contributed by atoms with Crippen LogP contribution in [0.4, 0.5) is 4.79 Å². The number of rotatable bonds is 4. The van der Waals surface area contributed by atoms with E-state index in [1.165, 1.54) is 7.11 Å². The largest absolute Gasteiger partial charge is 0.465 e. The molecular formula is C16H21NO5. The van der Waals surface area contributed by atoms with Crippen LogP contribution in [0, 0.1) is 6.92 Å². The first-order valence-corrected chi connectivity index (χ1v) is 6.81. The molecule has 0 fully saturated rings. The molecule has 1 aromatic rings. The van der Waals surface area contributed by atoms with Gasteiger partial charge in [-0.2, -0.15) is 0 Å². The minimum absolute atomic E-state index is 0.410. The maximum atomic E-state index is 11.7. The minimum Gasteiger partial charge on any atom is -0.465 e. The number of hydrogen-bond acceptors (Lipinski definition) is 5. The van der Waals surface area contributed by atoms with Crippen molar-refractivity contribution < 1.29 is 23.9 Å². The number of alkyl carbamates (subject to hydrolysis) is 1. The first kappa shape index (κ1) is 17.7. The third-order valence-corrected chi connectivity index (χ3v) is 2.82. The molecule has 1 amide bonds. The monoisotopic (exact) mass is 307 g/mol. The van der Waals surface area contributed by atoms with Gasteiger partial charge in [-0.3, -0.25) is 0 Å². The lowest BCUT2D eigenvalue weighted by Crippen LogP contribution is -2.35. The number of nitrogens with one attached hydrogen (secondary N) is 1. The zero-order valence-corrected chi connectivity index (χ0v) is 13.4.